The number of fused-ring (bicyclic) bond motifs is 1. The predicted molar refractivity (Wildman–Crippen MR) is 101 cm³/mol. The maximum absolute atomic E-state index is 12.3. The van der Waals surface area contributed by atoms with Gasteiger partial charge in [-0.15, -0.1) is 0 Å². The van der Waals surface area contributed by atoms with Gasteiger partial charge >= 0.3 is 12.0 Å². The van der Waals surface area contributed by atoms with Crippen LogP contribution in [0.25, 0.3) is 11.0 Å². The van der Waals surface area contributed by atoms with Crippen molar-refractivity contribution < 1.29 is 14.3 Å². The van der Waals surface area contributed by atoms with Crippen molar-refractivity contribution in [1.29, 1.82) is 0 Å². The SMILES string of the molecule is CCOC(=O)C1=C(CSc2nc3ccccc3n2CC)NC(=O)N[C@@H]1C. The van der Waals surface area contributed by atoms with Crippen molar-refractivity contribution in [2.24, 2.45) is 0 Å². The third kappa shape index (κ3) is 3.55. The maximum Gasteiger partial charge on any atom is 0.337 e. The number of thioether (sulfide) groups is 1. The third-order valence-corrected chi connectivity index (χ3v) is 5.15. The minimum absolute atomic E-state index is 0.287. The Kier molecular flexibility index (Phi) is 5.51. The van der Waals surface area contributed by atoms with E-state index in [0.717, 1.165) is 22.7 Å². The van der Waals surface area contributed by atoms with Crippen LogP contribution in [-0.2, 0) is 16.1 Å². The fourth-order valence-electron chi connectivity index (χ4n) is 3.00. The Hall–Kier alpha value is -2.48. The molecule has 2 amide bonds. The fourth-order valence-corrected chi connectivity index (χ4v) is 4.05. The molecular weight excluding hydrogens is 352 g/mol. The van der Waals surface area contributed by atoms with Crippen LogP contribution in [0, 0.1) is 0 Å². The fraction of sp³-hybridized carbons (Fsp3) is 0.389. The molecule has 3 rings (SSSR count). The summed E-state index contributed by atoms with van der Waals surface area (Å²) in [5.74, 6) is 0.0157. The van der Waals surface area contributed by atoms with E-state index in [1.807, 2.05) is 24.3 Å². The molecule has 1 aliphatic rings. The van der Waals surface area contributed by atoms with Gasteiger partial charge in [-0.3, -0.25) is 0 Å². The first-order valence-electron chi connectivity index (χ1n) is 8.60. The number of benzene rings is 1. The van der Waals surface area contributed by atoms with Gasteiger partial charge < -0.3 is 19.9 Å². The van der Waals surface area contributed by atoms with Gasteiger partial charge in [-0.2, -0.15) is 0 Å². The van der Waals surface area contributed by atoms with Crippen molar-refractivity contribution in [2.75, 3.05) is 12.4 Å². The average Bonchev–Trinajstić information content (AvgIpc) is 2.97. The Bertz CT molecular complexity index is 874. The Morgan fingerprint density at radius 3 is 2.85 bits per heavy atom. The van der Waals surface area contributed by atoms with Crippen LogP contribution in [0.1, 0.15) is 20.8 Å². The molecule has 0 saturated heterocycles. The van der Waals surface area contributed by atoms with E-state index in [0.29, 0.717) is 17.0 Å². The number of urea groups is 1. The molecule has 8 heteroatoms. The highest BCUT2D eigenvalue weighted by atomic mass is 32.2. The van der Waals surface area contributed by atoms with E-state index >= 15 is 0 Å². The first-order valence-corrected chi connectivity index (χ1v) is 9.59. The van der Waals surface area contributed by atoms with Gasteiger partial charge in [0.25, 0.3) is 0 Å². The van der Waals surface area contributed by atoms with Crippen molar-refractivity contribution in [2.45, 2.75) is 38.5 Å². The average molecular weight is 374 g/mol. The molecular formula is C18H22N4O3S. The number of imidazole rings is 1. The first kappa shape index (κ1) is 18.3. The first-order chi connectivity index (χ1) is 12.5. The number of nitrogens with one attached hydrogen (secondary N) is 2. The molecule has 0 spiro atoms. The number of para-hydroxylation sites is 2. The number of hydrogen-bond donors (Lipinski definition) is 2. The second-order valence-corrected chi connectivity index (χ2v) is 6.79. The summed E-state index contributed by atoms with van der Waals surface area (Å²) in [5, 5.41) is 6.30. The second-order valence-electron chi connectivity index (χ2n) is 5.85. The van der Waals surface area contributed by atoms with Crippen molar-refractivity contribution >= 4 is 34.8 Å². The standard InChI is InChI=1S/C18H22N4O3S/c1-4-22-14-9-7-6-8-12(14)21-18(22)26-10-13-15(16(23)25-5-2)11(3)19-17(24)20-13/h6-9,11H,4-5,10H2,1-3H3,(H2,19,20,24)/t11-/m1/s1. The number of ether oxygens (including phenoxy) is 1. The topological polar surface area (TPSA) is 85.2 Å². The van der Waals surface area contributed by atoms with E-state index in [-0.39, 0.29) is 12.6 Å². The molecule has 1 aliphatic heterocycles. The third-order valence-electron chi connectivity index (χ3n) is 4.15. The normalized spacial score (nSPS) is 17.2. The number of nitrogens with zero attached hydrogens (tertiary/aromatic N) is 2. The molecule has 2 heterocycles. The van der Waals surface area contributed by atoms with Gasteiger partial charge in [0.15, 0.2) is 5.16 Å². The smallest absolute Gasteiger partial charge is 0.337 e. The quantitative estimate of drug-likeness (QED) is 0.600. The van der Waals surface area contributed by atoms with Crippen LogP contribution in [0.3, 0.4) is 0 Å². The summed E-state index contributed by atoms with van der Waals surface area (Å²) in [7, 11) is 0. The lowest BCUT2D eigenvalue weighted by molar-refractivity contribution is -0.138. The predicted octanol–water partition coefficient (Wildman–Crippen LogP) is 2.67. The lowest BCUT2D eigenvalue weighted by Gasteiger charge is -2.26. The van der Waals surface area contributed by atoms with E-state index in [2.05, 4.69) is 27.1 Å². The van der Waals surface area contributed by atoms with Crippen LogP contribution >= 0.6 is 11.8 Å². The number of hydrogen-bond acceptors (Lipinski definition) is 5. The largest absolute Gasteiger partial charge is 0.463 e. The van der Waals surface area contributed by atoms with Crippen molar-refractivity contribution in [1.82, 2.24) is 20.2 Å². The summed E-state index contributed by atoms with van der Waals surface area (Å²) < 4.78 is 7.27. The highest BCUT2D eigenvalue weighted by Crippen LogP contribution is 2.27. The van der Waals surface area contributed by atoms with Gasteiger partial charge in [0.2, 0.25) is 0 Å². The Labute approximate surface area is 156 Å². The van der Waals surface area contributed by atoms with E-state index < -0.39 is 12.0 Å². The summed E-state index contributed by atoms with van der Waals surface area (Å²) in [6.45, 7) is 6.68. The Balaban J connectivity index is 1.89. The summed E-state index contributed by atoms with van der Waals surface area (Å²) in [6.07, 6.45) is 0. The molecule has 0 bridgehead atoms. The Morgan fingerprint density at radius 1 is 1.35 bits per heavy atom. The molecule has 0 radical (unpaired) electrons. The molecule has 1 aromatic heterocycles. The summed E-state index contributed by atoms with van der Waals surface area (Å²) >= 11 is 1.49. The van der Waals surface area contributed by atoms with Crippen molar-refractivity contribution in [3.05, 3.63) is 35.5 Å². The zero-order chi connectivity index (χ0) is 18.7. The molecule has 1 atom stereocenters. The van der Waals surface area contributed by atoms with E-state index in [9.17, 15) is 9.59 Å². The van der Waals surface area contributed by atoms with Crippen molar-refractivity contribution in [3.63, 3.8) is 0 Å². The summed E-state index contributed by atoms with van der Waals surface area (Å²) in [6, 6.07) is 7.24. The minimum Gasteiger partial charge on any atom is -0.463 e. The van der Waals surface area contributed by atoms with Crippen LogP contribution in [0.15, 0.2) is 40.7 Å². The number of rotatable bonds is 6. The molecule has 2 N–H and O–H groups in total. The summed E-state index contributed by atoms with van der Waals surface area (Å²) in [5.41, 5.74) is 3.02. The van der Waals surface area contributed by atoms with Gasteiger partial charge in [0, 0.05) is 18.0 Å². The van der Waals surface area contributed by atoms with Gasteiger partial charge in [0.1, 0.15) is 0 Å². The van der Waals surface area contributed by atoms with Gasteiger partial charge in [0.05, 0.1) is 29.3 Å². The second kappa shape index (κ2) is 7.82. The van der Waals surface area contributed by atoms with E-state index in [4.69, 9.17) is 4.74 Å². The van der Waals surface area contributed by atoms with Gasteiger partial charge in [-0.05, 0) is 32.9 Å². The monoisotopic (exact) mass is 374 g/mol. The molecule has 26 heavy (non-hydrogen) atoms. The van der Waals surface area contributed by atoms with E-state index in [1.54, 1.807) is 13.8 Å². The van der Waals surface area contributed by atoms with Crippen LogP contribution in [0.5, 0.6) is 0 Å². The molecule has 0 aliphatic carbocycles. The molecule has 7 nitrogen and oxygen atoms in total. The lowest BCUT2D eigenvalue weighted by atomic mass is 10.1. The van der Waals surface area contributed by atoms with Crippen molar-refractivity contribution in [3.8, 4) is 0 Å². The molecule has 1 aromatic carbocycles. The van der Waals surface area contributed by atoms with Crippen LogP contribution < -0.4 is 10.6 Å². The van der Waals surface area contributed by atoms with Crippen LogP contribution in [0.2, 0.25) is 0 Å². The van der Waals surface area contributed by atoms with E-state index in [1.165, 1.54) is 11.8 Å². The number of aromatic nitrogens is 2. The molecule has 0 fully saturated rings. The highest BCUT2D eigenvalue weighted by Gasteiger charge is 2.29. The zero-order valence-electron chi connectivity index (χ0n) is 15.0. The Morgan fingerprint density at radius 2 is 2.12 bits per heavy atom. The number of esters is 1. The minimum atomic E-state index is -0.410. The van der Waals surface area contributed by atoms with Gasteiger partial charge in [-0.1, -0.05) is 23.9 Å². The summed E-state index contributed by atoms with van der Waals surface area (Å²) in [4.78, 5) is 28.8. The van der Waals surface area contributed by atoms with Crippen LogP contribution in [-0.4, -0.2) is 40.0 Å². The maximum atomic E-state index is 12.3. The number of carbonyl (C=O) groups is 2. The number of carbonyl (C=O) groups excluding carboxylic acids is 2. The number of amides is 2. The lowest BCUT2D eigenvalue weighted by Crippen LogP contribution is -2.49. The molecule has 138 valence electrons. The van der Waals surface area contributed by atoms with Crippen LogP contribution in [0.4, 0.5) is 4.79 Å². The highest BCUT2D eigenvalue weighted by molar-refractivity contribution is 7.99. The molecule has 2 aromatic rings. The molecule has 0 unspecified atom stereocenters. The number of aryl methyl sites for hydroxylation is 1. The van der Waals surface area contributed by atoms with Gasteiger partial charge in [-0.25, -0.2) is 14.6 Å². The zero-order valence-corrected chi connectivity index (χ0v) is 15.9. The molecule has 0 saturated carbocycles.